The van der Waals surface area contributed by atoms with Crippen LogP contribution in [0.1, 0.15) is 44.7 Å². The van der Waals surface area contributed by atoms with Crippen molar-refractivity contribution in [1.82, 2.24) is 0 Å². The molecule has 0 aliphatic carbocycles. The smallest absolute Gasteiger partial charge is 0.0178 e. The van der Waals surface area contributed by atoms with Crippen LogP contribution in [-0.4, -0.2) is 0 Å². The van der Waals surface area contributed by atoms with Gasteiger partial charge in [-0.05, 0) is 41.5 Å². The fourth-order valence-corrected chi connectivity index (χ4v) is 2.11. The highest BCUT2D eigenvalue weighted by Crippen LogP contribution is 2.25. The third-order valence-corrected chi connectivity index (χ3v) is 2.85. The van der Waals surface area contributed by atoms with Crippen LogP contribution in [-0.2, 0) is 6.42 Å². The van der Waals surface area contributed by atoms with E-state index in [0.717, 1.165) is 5.92 Å². The first kappa shape index (κ1) is 11.8. The minimum atomic E-state index is 0.612. The van der Waals surface area contributed by atoms with E-state index in [0.29, 0.717) is 5.92 Å². The second-order valence-electron chi connectivity index (χ2n) is 4.60. The van der Waals surface area contributed by atoms with Gasteiger partial charge in [0.05, 0.1) is 0 Å². The molecule has 0 amide bonds. The molecule has 0 saturated heterocycles. The lowest BCUT2D eigenvalue weighted by atomic mass is 9.92. The van der Waals surface area contributed by atoms with Gasteiger partial charge in [0.2, 0.25) is 0 Å². The number of hydrogen-bond donors (Lipinski definition) is 0. The number of rotatable bonds is 3. The summed E-state index contributed by atoms with van der Waals surface area (Å²) in [5.74, 6) is 1.34. The molecule has 0 saturated carbocycles. The van der Waals surface area contributed by atoms with Crippen LogP contribution in [0.15, 0.2) is 22.7 Å². The summed E-state index contributed by atoms with van der Waals surface area (Å²) in [6, 6.07) is 6.64. The molecule has 0 fully saturated rings. The average molecular weight is 255 g/mol. The SMILES string of the molecule is CC(C)Cc1ccc(Br)cc1C(C)C. The van der Waals surface area contributed by atoms with Gasteiger partial charge in [-0.25, -0.2) is 0 Å². The van der Waals surface area contributed by atoms with Gasteiger partial charge in [-0.2, -0.15) is 0 Å². The van der Waals surface area contributed by atoms with E-state index in [1.165, 1.54) is 22.0 Å². The van der Waals surface area contributed by atoms with Crippen LogP contribution in [0.4, 0.5) is 0 Å². The predicted molar refractivity (Wildman–Crippen MR) is 66.8 cm³/mol. The Morgan fingerprint density at radius 2 is 1.79 bits per heavy atom. The zero-order chi connectivity index (χ0) is 10.7. The number of hydrogen-bond acceptors (Lipinski definition) is 0. The maximum atomic E-state index is 3.53. The van der Waals surface area contributed by atoms with E-state index in [1.807, 2.05) is 0 Å². The average Bonchev–Trinajstić information content (AvgIpc) is 2.07. The van der Waals surface area contributed by atoms with E-state index in [-0.39, 0.29) is 0 Å². The highest BCUT2D eigenvalue weighted by atomic mass is 79.9. The first-order valence-corrected chi connectivity index (χ1v) is 6.08. The Bertz CT molecular complexity index is 300. The molecule has 1 aromatic rings. The quantitative estimate of drug-likeness (QED) is 0.729. The topological polar surface area (TPSA) is 0 Å². The Labute approximate surface area is 95.9 Å². The van der Waals surface area contributed by atoms with Crippen LogP contribution < -0.4 is 0 Å². The van der Waals surface area contributed by atoms with Crippen LogP contribution in [0, 0.1) is 5.92 Å². The molecule has 1 rings (SSSR count). The molecule has 0 aliphatic rings. The Hall–Kier alpha value is -0.300. The van der Waals surface area contributed by atoms with Gasteiger partial charge in [0, 0.05) is 4.47 Å². The van der Waals surface area contributed by atoms with Crippen LogP contribution >= 0.6 is 15.9 Å². The van der Waals surface area contributed by atoms with Gasteiger partial charge in [-0.3, -0.25) is 0 Å². The minimum absolute atomic E-state index is 0.612. The van der Waals surface area contributed by atoms with Crippen molar-refractivity contribution in [3.05, 3.63) is 33.8 Å². The van der Waals surface area contributed by atoms with E-state index in [9.17, 15) is 0 Å². The zero-order valence-electron chi connectivity index (χ0n) is 9.47. The lowest BCUT2D eigenvalue weighted by Crippen LogP contribution is -2.00. The van der Waals surface area contributed by atoms with Gasteiger partial charge < -0.3 is 0 Å². The molecule has 0 bridgehead atoms. The Morgan fingerprint density at radius 3 is 2.29 bits per heavy atom. The standard InChI is InChI=1S/C13H19Br/c1-9(2)7-11-5-6-12(14)8-13(11)10(3)4/h5-6,8-10H,7H2,1-4H3. The summed E-state index contributed by atoms with van der Waals surface area (Å²) in [5, 5.41) is 0. The summed E-state index contributed by atoms with van der Waals surface area (Å²) in [6.07, 6.45) is 1.18. The van der Waals surface area contributed by atoms with Crippen LogP contribution in [0.25, 0.3) is 0 Å². The van der Waals surface area contributed by atoms with E-state index in [1.54, 1.807) is 0 Å². The van der Waals surface area contributed by atoms with Crippen molar-refractivity contribution in [1.29, 1.82) is 0 Å². The summed E-state index contributed by atoms with van der Waals surface area (Å²) in [5.41, 5.74) is 2.98. The second-order valence-corrected chi connectivity index (χ2v) is 5.51. The highest BCUT2D eigenvalue weighted by Gasteiger charge is 2.08. The molecule has 1 aromatic carbocycles. The summed E-state index contributed by atoms with van der Waals surface area (Å²) in [4.78, 5) is 0. The fourth-order valence-electron chi connectivity index (χ4n) is 1.73. The molecular weight excluding hydrogens is 236 g/mol. The van der Waals surface area contributed by atoms with Gasteiger partial charge in [-0.15, -0.1) is 0 Å². The summed E-state index contributed by atoms with van der Waals surface area (Å²) < 4.78 is 1.19. The van der Waals surface area contributed by atoms with Gasteiger partial charge >= 0.3 is 0 Å². The van der Waals surface area contributed by atoms with Crippen LogP contribution in [0.3, 0.4) is 0 Å². The molecule has 0 spiro atoms. The third-order valence-electron chi connectivity index (χ3n) is 2.36. The predicted octanol–water partition coefficient (Wildman–Crippen LogP) is 4.77. The van der Waals surface area contributed by atoms with Gasteiger partial charge in [0.25, 0.3) is 0 Å². The molecule has 1 heteroatoms. The molecular formula is C13H19Br. The van der Waals surface area contributed by atoms with Crippen molar-refractivity contribution in [3.8, 4) is 0 Å². The van der Waals surface area contributed by atoms with Crippen LogP contribution in [0.5, 0.6) is 0 Å². The largest absolute Gasteiger partial charge is 0.0625 e. The number of halogens is 1. The second kappa shape index (κ2) is 4.97. The summed E-state index contributed by atoms with van der Waals surface area (Å²) in [6.45, 7) is 9.05. The van der Waals surface area contributed by atoms with Gasteiger partial charge in [0.1, 0.15) is 0 Å². The van der Waals surface area contributed by atoms with E-state index < -0.39 is 0 Å². The lowest BCUT2D eigenvalue weighted by Gasteiger charge is -2.14. The maximum Gasteiger partial charge on any atom is 0.0178 e. The normalized spacial score (nSPS) is 11.4. The summed E-state index contributed by atoms with van der Waals surface area (Å²) >= 11 is 3.53. The molecule has 78 valence electrons. The van der Waals surface area contributed by atoms with Crippen molar-refractivity contribution >= 4 is 15.9 Å². The third kappa shape index (κ3) is 3.13. The van der Waals surface area contributed by atoms with Gasteiger partial charge in [-0.1, -0.05) is 49.7 Å². The highest BCUT2D eigenvalue weighted by molar-refractivity contribution is 9.10. The van der Waals surface area contributed by atoms with Crippen molar-refractivity contribution in [3.63, 3.8) is 0 Å². The molecule has 0 radical (unpaired) electrons. The maximum absolute atomic E-state index is 3.53. The molecule has 14 heavy (non-hydrogen) atoms. The molecule has 0 atom stereocenters. The Morgan fingerprint density at radius 1 is 1.14 bits per heavy atom. The number of benzene rings is 1. The molecule has 0 unspecified atom stereocenters. The monoisotopic (exact) mass is 254 g/mol. The minimum Gasteiger partial charge on any atom is -0.0625 e. The fraction of sp³-hybridized carbons (Fsp3) is 0.538. The molecule has 0 aliphatic heterocycles. The Kier molecular flexibility index (Phi) is 4.18. The molecule has 0 N–H and O–H groups in total. The van der Waals surface area contributed by atoms with E-state index >= 15 is 0 Å². The molecule has 0 heterocycles. The van der Waals surface area contributed by atoms with Crippen molar-refractivity contribution in [2.24, 2.45) is 5.92 Å². The van der Waals surface area contributed by atoms with Crippen molar-refractivity contribution < 1.29 is 0 Å². The zero-order valence-corrected chi connectivity index (χ0v) is 11.1. The van der Waals surface area contributed by atoms with E-state index in [4.69, 9.17) is 0 Å². The van der Waals surface area contributed by atoms with E-state index in [2.05, 4.69) is 61.8 Å². The van der Waals surface area contributed by atoms with Crippen molar-refractivity contribution in [2.75, 3.05) is 0 Å². The van der Waals surface area contributed by atoms with Crippen LogP contribution in [0.2, 0.25) is 0 Å². The first-order chi connectivity index (χ1) is 6.50. The molecule has 0 aromatic heterocycles. The molecule has 0 nitrogen and oxygen atoms in total. The van der Waals surface area contributed by atoms with Gasteiger partial charge in [0.15, 0.2) is 0 Å². The van der Waals surface area contributed by atoms with Crippen molar-refractivity contribution in [2.45, 2.75) is 40.0 Å². The Balaban J connectivity index is 3.02. The lowest BCUT2D eigenvalue weighted by molar-refractivity contribution is 0.638. The summed E-state index contributed by atoms with van der Waals surface area (Å²) in [7, 11) is 0. The first-order valence-electron chi connectivity index (χ1n) is 5.29.